The van der Waals surface area contributed by atoms with Crippen LogP contribution in [0.25, 0.3) is 0 Å². The number of carbonyl (C=O) groups excluding carboxylic acids is 1. The second-order valence-electron chi connectivity index (χ2n) is 5.89. The molecule has 0 aliphatic heterocycles. The lowest BCUT2D eigenvalue weighted by atomic mass is 10.2. The molecule has 0 atom stereocenters. The molecule has 0 spiro atoms. The number of esters is 1. The highest BCUT2D eigenvalue weighted by Crippen LogP contribution is 2.20. The van der Waals surface area contributed by atoms with Gasteiger partial charge in [-0.3, -0.25) is 10.2 Å². The smallest absolute Gasteiger partial charge is 0.371 e. The van der Waals surface area contributed by atoms with E-state index in [0.29, 0.717) is 34.5 Å². The molecule has 0 unspecified atom stereocenters. The van der Waals surface area contributed by atoms with Crippen LogP contribution in [0.1, 0.15) is 34.5 Å². The molecule has 2 N–H and O–H groups in total. The van der Waals surface area contributed by atoms with Gasteiger partial charge in [0.15, 0.2) is 0 Å². The third-order valence-electron chi connectivity index (χ3n) is 3.71. The molecule has 2 aromatic heterocycles. The molecule has 0 fully saturated rings. The van der Waals surface area contributed by atoms with E-state index in [-0.39, 0.29) is 24.8 Å². The monoisotopic (exact) mass is 429 g/mol. The number of hydrogen-bond donors (Lipinski definition) is 2. The van der Waals surface area contributed by atoms with Gasteiger partial charge in [-0.2, -0.15) is 5.10 Å². The molecule has 3 rings (SSSR count). The number of nitrogens with zero attached hydrogens (tertiary/aromatic N) is 2. The minimum absolute atomic E-state index is 0.0786. The van der Waals surface area contributed by atoms with Gasteiger partial charge in [0.25, 0.3) is 0 Å². The molecule has 0 saturated carbocycles. The molecule has 0 saturated heterocycles. The Morgan fingerprint density at radius 2 is 2.13 bits per heavy atom. The van der Waals surface area contributed by atoms with Crippen molar-refractivity contribution in [3.05, 3.63) is 64.6 Å². The highest BCUT2D eigenvalue weighted by molar-refractivity contribution is 7.13. The fourth-order valence-electron chi connectivity index (χ4n) is 2.39. The number of anilines is 1. The molecule has 0 aliphatic rings. The molecule has 0 bridgehead atoms. The number of carbonyl (C=O) groups is 2. The molecule has 10 heteroatoms. The molecule has 0 radical (unpaired) electrons. The average Bonchev–Trinajstić information content (AvgIpc) is 3.37. The minimum Gasteiger partial charge on any atom is -0.485 e. The fourth-order valence-corrected chi connectivity index (χ4v) is 3.05. The van der Waals surface area contributed by atoms with E-state index >= 15 is 0 Å². The number of rotatable bonds is 10. The largest absolute Gasteiger partial charge is 0.485 e. The summed E-state index contributed by atoms with van der Waals surface area (Å²) < 4.78 is 15.8. The van der Waals surface area contributed by atoms with Crippen molar-refractivity contribution >= 4 is 34.6 Å². The number of aromatic carboxylic acids is 1. The van der Waals surface area contributed by atoms with Crippen LogP contribution in [-0.4, -0.2) is 34.9 Å². The first-order valence-electron chi connectivity index (χ1n) is 8.98. The van der Waals surface area contributed by atoms with Gasteiger partial charge in [0.05, 0.1) is 24.9 Å². The Labute approximate surface area is 176 Å². The van der Waals surface area contributed by atoms with Gasteiger partial charge in [0, 0.05) is 10.9 Å². The van der Waals surface area contributed by atoms with E-state index in [0.717, 1.165) is 0 Å². The number of thiazole rings is 1. The minimum atomic E-state index is -1.13. The summed E-state index contributed by atoms with van der Waals surface area (Å²) in [6.07, 6.45) is 1.69. The molecular weight excluding hydrogens is 410 g/mol. The van der Waals surface area contributed by atoms with Crippen LogP contribution in [0.15, 0.2) is 51.3 Å². The van der Waals surface area contributed by atoms with Crippen molar-refractivity contribution in [2.45, 2.75) is 20.0 Å². The highest BCUT2D eigenvalue weighted by atomic mass is 32.1. The standard InChI is InChI=1S/C20H19N3O6S/c1-2-27-18(24)9-14-12-30-20(22-14)23-21-10-13-5-3-4-6-16(13)28-11-15-7-8-17(29-15)19(25)26/h3-8,10,12H,2,9,11H2,1H3,(H,22,23)(H,25,26). The molecule has 2 heterocycles. The highest BCUT2D eigenvalue weighted by Gasteiger charge is 2.10. The Bertz CT molecular complexity index is 1040. The van der Waals surface area contributed by atoms with Crippen molar-refractivity contribution in [3.8, 4) is 5.75 Å². The first-order chi connectivity index (χ1) is 14.5. The SMILES string of the molecule is CCOC(=O)Cc1csc(NN=Cc2ccccc2OCc2ccc(C(=O)O)o2)n1. The number of ether oxygens (including phenoxy) is 2. The van der Waals surface area contributed by atoms with Crippen LogP contribution in [-0.2, 0) is 22.6 Å². The van der Waals surface area contributed by atoms with Crippen LogP contribution >= 0.6 is 11.3 Å². The lowest BCUT2D eigenvalue weighted by Gasteiger charge is -2.07. The van der Waals surface area contributed by atoms with E-state index in [9.17, 15) is 9.59 Å². The molecule has 9 nitrogen and oxygen atoms in total. The number of aromatic nitrogens is 1. The van der Waals surface area contributed by atoms with Crippen LogP contribution in [0, 0.1) is 0 Å². The first kappa shape index (κ1) is 21.1. The number of benzene rings is 1. The Morgan fingerprint density at radius 3 is 2.90 bits per heavy atom. The van der Waals surface area contributed by atoms with Gasteiger partial charge in [0.1, 0.15) is 18.1 Å². The number of carboxylic acid groups (broad SMARTS) is 1. The van der Waals surface area contributed by atoms with E-state index in [1.54, 1.807) is 30.7 Å². The summed E-state index contributed by atoms with van der Waals surface area (Å²) in [7, 11) is 0. The van der Waals surface area contributed by atoms with Gasteiger partial charge in [-0.05, 0) is 31.2 Å². The molecule has 3 aromatic rings. The maximum atomic E-state index is 11.5. The third-order valence-corrected chi connectivity index (χ3v) is 4.50. The summed E-state index contributed by atoms with van der Waals surface area (Å²) in [6.45, 7) is 2.17. The molecule has 1 aromatic carbocycles. The number of hydrazone groups is 1. The third kappa shape index (κ3) is 5.92. The van der Waals surface area contributed by atoms with E-state index in [1.807, 2.05) is 18.2 Å². The van der Waals surface area contributed by atoms with E-state index in [1.165, 1.54) is 17.4 Å². The Morgan fingerprint density at radius 1 is 1.30 bits per heavy atom. The van der Waals surface area contributed by atoms with Crippen molar-refractivity contribution in [2.24, 2.45) is 5.10 Å². The second-order valence-corrected chi connectivity index (χ2v) is 6.75. The summed E-state index contributed by atoms with van der Waals surface area (Å²) in [5.74, 6) is -0.644. The van der Waals surface area contributed by atoms with Gasteiger partial charge in [-0.15, -0.1) is 11.3 Å². The Hall–Kier alpha value is -3.66. The van der Waals surface area contributed by atoms with Crippen molar-refractivity contribution in [3.63, 3.8) is 0 Å². The lowest BCUT2D eigenvalue weighted by Crippen LogP contribution is -2.07. The first-order valence-corrected chi connectivity index (χ1v) is 9.86. The van der Waals surface area contributed by atoms with Gasteiger partial charge in [0.2, 0.25) is 10.9 Å². The second kappa shape index (κ2) is 10.2. The van der Waals surface area contributed by atoms with Crippen LogP contribution in [0.3, 0.4) is 0 Å². The summed E-state index contributed by atoms with van der Waals surface area (Å²) in [6, 6.07) is 10.2. The lowest BCUT2D eigenvalue weighted by molar-refractivity contribution is -0.142. The number of nitrogens with one attached hydrogen (secondary N) is 1. The van der Waals surface area contributed by atoms with Gasteiger partial charge in [-0.25, -0.2) is 9.78 Å². The summed E-state index contributed by atoms with van der Waals surface area (Å²) in [5.41, 5.74) is 4.14. The predicted octanol–water partition coefficient (Wildman–Crippen LogP) is 3.56. The van der Waals surface area contributed by atoms with E-state index < -0.39 is 5.97 Å². The van der Waals surface area contributed by atoms with Crippen LogP contribution < -0.4 is 10.2 Å². The zero-order chi connectivity index (χ0) is 21.3. The van der Waals surface area contributed by atoms with E-state index in [2.05, 4.69) is 15.5 Å². The van der Waals surface area contributed by atoms with Gasteiger partial charge in [-0.1, -0.05) is 12.1 Å². The summed E-state index contributed by atoms with van der Waals surface area (Å²) in [5, 5.41) is 15.4. The predicted molar refractivity (Wildman–Crippen MR) is 110 cm³/mol. The number of furan rings is 1. The van der Waals surface area contributed by atoms with Crippen molar-refractivity contribution in [1.82, 2.24) is 4.98 Å². The molecule has 0 aliphatic carbocycles. The maximum absolute atomic E-state index is 11.5. The maximum Gasteiger partial charge on any atom is 0.371 e. The fraction of sp³-hybridized carbons (Fsp3) is 0.200. The van der Waals surface area contributed by atoms with Gasteiger partial charge >= 0.3 is 11.9 Å². The molecular formula is C20H19N3O6S. The van der Waals surface area contributed by atoms with Crippen LogP contribution in [0.2, 0.25) is 0 Å². The number of hydrogen-bond acceptors (Lipinski definition) is 9. The zero-order valence-electron chi connectivity index (χ0n) is 16.0. The number of para-hydroxylation sites is 1. The molecule has 30 heavy (non-hydrogen) atoms. The number of carboxylic acids is 1. The van der Waals surface area contributed by atoms with Crippen LogP contribution in [0.5, 0.6) is 5.75 Å². The summed E-state index contributed by atoms with van der Waals surface area (Å²) in [4.78, 5) is 26.7. The molecule has 0 amide bonds. The Balaban J connectivity index is 1.57. The Kier molecular flexibility index (Phi) is 7.17. The quantitative estimate of drug-likeness (QED) is 0.285. The topological polar surface area (TPSA) is 123 Å². The molecule has 156 valence electrons. The zero-order valence-corrected chi connectivity index (χ0v) is 16.8. The van der Waals surface area contributed by atoms with Gasteiger partial charge < -0.3 is 19.0 Å². The average molecular weight is 429 g/mol. The van der Waals surface area contributed by atoms with Crippen molar-refractivity contribution in [1.29, 1.82) is 0 Å². The van der Waals surface area contributed by atoms with Crippen molar-refractivity contribution in [2.75, 3.05) is 12.0 Å². The summed E-state index contributed by atoms with van der Waals surface area (Å²) >= 11 is 1.33. The van der Waals surface area contributed by atoms with E-state index in [4.69, 9.17) is 19.0 Å². The van der Waals surface area contributed by atoms with Crippen LogP contribution in [0.4, 0.5) is 5.13 Å². The van der Waals surface area contributed by atoms with Crippen molar-refractivity contribution < 1.29 is 28.6 Å². The normalized spacial score (nSPS) is 10.8.